The van der Waals surface area contributed by atoms with Crippen molar-refractivity contribution in [1.29, 1.82) is 0 Å². The van der Waals surface area contributed by atoms with Crippen LogP contribution in [0.3, 0.4) is 0 Å². The lowest BCUT2D eigenvalue weighted by Gasteiger charge is -1.84. The zero-order valence-electron chi connectivity index (χ0n) is 7.18. The first-order chi connectivity index (χ1) is 5.35. The third kappa shape index (κ3) is 9.96. The zero-order valence-corrected chi connectivity index (χ0v) is 7.94. The number of halogens is 1. The van der Waals surface area contributed by atoms with Crippen molar-refractivity contribution in [2.75, 3.05) is 5.88 Å². The molecule has 0 saturated heterocycles. The second-order valence-corrected chi connectivity index (χ2v) is 3.25. The zero-order chi connectivity index (χ0) is 8.53. The Balaban J connectivity index is 0.000000183. The Kier molecular flexibility index (Phi) is 8.03. The second-order valence-electron chi connectivity index (χ2n) is 2.87. The molecule has 0 unspecified atom stereocenters. The van der Waals surface area contributed by atoms with Crippen molar-refractivity contribution in [3.8, 4) is 0 Å². The van der Waals surface area contributed by atoms with Crippen molar-refractivity contribution >= 4 is 17.9 Å². The van der Waals surface area contributed by atoms with E-state index in [-0.39, 0.29) is 0 Å². The van der Waals surface area contributed by atoms with Crippen LogP contribution >= 0.6 is 11.6 Å². The Morgan fingerprint density at radius 2 is 2.09 bits per heavy atom. The van der Waals surface area contributed by atoms with Crippen LogP contribution in [-0.2, 0) is 4.79 Å². The van der Waals surface area contributed by atoms with Crippen LogP contribution in [0.25, 0.3) is 0 Å². The minimum Gasteiger partial charge on any atom is -0.303 e. The molecule has 66 valence electrons. The number of aldehydes is 1. The van der Waals surface area contributed by atoms with Crippen LogP contribution in [0.4, 0.5) is 0 Å². The molecule has 1 fully saturated rings. The van der Waals surface area contributed by atoms with E-state index in [1.165, 1.54) is 19.3 Å². The average Bonchev–Trinajstić information content (AvgIpc) is 2.84. The van der Waals surface area contributed by atoms with Gasteiger partial charge in [-0.1, -0.05) is 19.8 Å². The highest BCUT2D eigenvalue weighted by Gasteiger charge is 2.18. The van der Waals surface area contributed by atoms with Crippen LogP contribution in [-0.4, -0.2) is 12.2 Å². The molecule has 1 aliphatic rings. The van der Waals surface area contributed by atoms with Crippen molar-refractivity contribution in [3.63, 3.8) is 0 Å². The largest absolute Gasteiger partial charge is 0.303 e. The van der Waals surface area contributed by atoms with E-state index in [2.05, 4.69) is 6.92 Å². The van der Waals surface area contributed by atoms with Crippen LogP contribution in [0.15, 0.2) is 0 Å². The van der Waals surface area contributed by atoms with E-state index in [9.17, 15) is 4.79 Å². The van der Waals surface area contributed by atoms with Crippen molar-refractivity contribution in [1.82, 2.24) is 0 Å². The number of alkyl halides is 1. The number of carbonyl (C=O) groups excluding carboxylic acids is 1. The fourth-order valence-electron chi connectivity index (χ4n) is 0.577. The van der Waals surface area contributed by atoms with E-state index in [1.807, 2.05) is 0 Å². The summed E-state index contributed by atoms with van der Waals surface area (Å²) in [6.07, 6.45) is 7.04. The Morgan fingerprint density at radius 3 is 2.18 bits per heavy atom. The maximum atomic E-state index is 9.57. The minimum atomic E-state index is 0.454. The van der Waals surface area contributed by atoms with E-state index < -0.39 is 0 Å². The van der Waals surface area contributed by atoms with Crippen molar-refractivity contribution in [3.05, 3.63) is 0 Å². The maximum absolute atomic E-state index is 9.57. The summed E-state index contributed by atoms with van der Waals surface area (Å²) in [4.78, 5) is 9.57. The maximum Gasteiger partial charge on any atom is 0.123 e. The van der Waals surface area contributed by atoms with Gasteiger partial charge in [0.15, 0.2) is 0 Å². The predicted octanol–water partition coefficient (Wildman–Crippen LogP) is 3.01. The first-order valence-corrected chi connectivity index (χ1v) is 4.89. The molecular weight excluding hydrogens is 160 g/mol. The third-order valence-corrected chi connectivity index (χ3v) is 1.82. The van der Waals surface area contributed by atoms with Gasteiger partial charge < -0.3 is 4.79 Å². The normalized spacial score (nSPS) is 15.1. The quantitative estimate of drug-likeness (QED) is 0.366. The van der Waals surface area contributed by atoms with Crippen molar-refractivity contribution < 1.29 is 4.79 Å². The SMILES string of the molecule is CCCCCCl.O=CC1CC1. The molecule has 0 atom stereocenters. The number of carbonyl (C=O) groups is 1. The van der Waals surface area contributed by atoms with Crippen LogP contribution < -0.4 is 0 Å². The standard InChI is InChI=1S/C5H11Cl.C4H6O/c1-2-3-4-5-6;5-3-4-1-2-4/h2-5H2,1H3;3-4H,1-2H2. The lowest BCUT2D eigenvalue weighted by molar-refractivity contribution is -0.108. The molecule has 0 aliphatic heterocycles. The number of hydrogen-bond donors (Lipinski definition) is 0. The van der Waals surface area contributed by atoms with Crippen LogP contribution in [0.2, 0.25) is 0 Å². The fraction of sp³-hybridized carbons (Fsp3) is 0.889. The summed E-state index contributed by atoms with van der Waals surface area (Å²) < 4.78 is 0. The summed E-state index contributed by atoms with van der Waals surface area (Å²) in [7, 11) is 0. The lowest BCUT2D eigenvalue weighted by atomic mass is 10.3. The molecular formula is C9H17ClO. The summed E-state index contributed by atoms with van der Waals surface area (Å²) in [5, 5.41) is 0. The smallest absolute Gasteiger partial charge is 0.123 e. The predicted molar refractivity (Wildman–Crippen MR) is 49.0 cm³/mol. The highest BCUT2D eigenvalue weighted by atomic mass is 35.5. The molecule has 0 heterocycles. The molecule has 0 aromatic heterocycles. The molecule has 2 heteroatoms. The van der Waals surface area contributed by atoms with Gasteiger partial charge in [-0.3, -0.25) is 0 Å². The number of rotatable bonds is 4. The van der Waals surface area contributed by atoms with Crippen molar-refractivity contribution in [2.45, 2.75) is 39.0 Å². The molecule has 0 amide bonds. The Labute approximate surface area is 74.1 Å². The highest BCUT2D eigenvalue weighted by molar-refractivity contribution is 6.17. The number of unbranched alkanes of at least 4 members (excludes halogenated alkanes) is 2. The second kappa shape index (κ2) is 8.06. The molecule has 0 bridgehead atoms. The van der Waals surface area contributed by atoms with Gasteiger partial charge in [-0.25, -0.2) is 0 Å². The summed E-state index contributed by atoms with van der Waals surface area (Å²) in [5.74, 6) is 1.28. The van der Waals surface area contributed by atoms with Gasteiger partial charge in [0.1, 0.15) is 6.29 Å². The van der Waals surface area contributed by atoms with Gasteiger partial charge >= 0.3 is 0 Å². The van der Waals surface area contributed by atoms with Crippen molar-refractivity contribution in [2.24, 2.45) is 5.92 Å². The molecule has 0 radical (unpaired) electrons. The Morgan fingerprint density at radius 1 is 1.45 bits per heavy atom. The van der Waals surface area contributed by atoms with Gasteiger partial charge in [0.25, 0.3) is 0 Å². The molecule has 1 rings (SSSR count). The lowest BCUT2D eigenvalue weighted by Crippen LogP contribution is -1.70. The average molecular weight is 177 g/mol. The fourth-order valence-corrected chi connectivity index (χ4v) is 0.766. The molecule has 11 heavy (non-hydrogen) atoms. The van der Waals surface area contributed by atoms with Gasteiger partial charge in [0.2, 0.25) is 0 Å². The monoisotopic (exact) mass is 176 g/mol. The molecule has 1 nitrogen and oxygen atoms in total. The summed E-state index contributed by atoms with van der Waals surface area (Å²) >= 11 is 5.38. The van der Waals surface area contributed by atoms with E-state index in [1.54, 1.807) is 0 Å². The minimum absolute atomic E-state index is 0.454. The Bertz CT molecular complexity index is 85.6. The molecule has 1 saturated carbocycles. The third-order valence-electron chi connectivity index (χ3n) is 1.55. The van der Waals surface area contributed by atoms with Gasteiger partial charge in [-0.2, -0.15) is 0 Å². The van der Waals surface area contributed by atoms with E-state index in [4.69, 9.17) is 11.6 Å². The summed E-state index contributed by atoms with van der Waals surface area (Å²) in [5.41, 5.74) is 0. The topological polar surface area (TPSA) is 17.1 Å². The van der Waals surface area contributed by atoms with Gasteiger partial charge in [0.05, 0.1) is 0 Å². The van der Waals surface area contributed by atoms with E-state index >= 15 is 0 Å². The van der Waals surface area contributed by atoms with Crippen LogP contribution in [0.5, 0.6) is 0 Å². The molecule has 0 aromatic carbocycles. The van der Waals surface area contributed by atoms with E-state index in [0.29, 0.717) is 5.92 Å². The Hall–Kier alpha value is -0.0400. The summed E-state index contributed by atoms with van der Waals surface area (Å²) in [6.45, 7) is 2.17. The summed E-state index contributed by atoms with van der Waals surface area (Å²) in [6, 6.07) is 0. The molecule has 0 aromatic rings. The van der Waals surface area contributed by atoms with Crippen LogP contribution in [0, 0.1) is 5.92 Å². The van der Waals surface area contributed by atoms with E-state index in [0.717, 1.165) is 25.0 Å². The molecule has 0 N–H and O–H groups in total. The van der Waals surface area contributed by atoms with Gasteiger partial charge in [-0.05, 0) is 19.3 Å². The molecule has 0 spiro atoms. The highest BCUT2D eigenvalue weighted by Crippen LogP contribution is 2.25. The van der Waals surface area contributed by atoms with Crippen LogP contribution in [0.1, 0.15) is 39.0 Å². The molecule has 1 aliphatic carbocycles. The van der Waals surface area contributed by atoms with Gasteiger partial charge in [0, 0.05) is 11.8 Å². The number of hydrogen-bond acceptors (Lipinski definition) is 1. The van der Waals surface area contributed by atoms with Gasteiger partial charge in [-0.15, -0.1) is 11.6 Å². The first-order valence-electron chi connectivity index (χ1n) is 4.36. The first kappa shape index (κ1) is 11.0.